The van der Waals surface area contributed by atoms with Gasteiger partial charge in [0.25, 0.3) is 0 Å². The topological polar surface area (TPSA) is 66.3 Å². The molecule has 0 aliphatic carbocycles. The molecule has 0 aliphatic heterocycles. The van der Waals surface area contributed by atoms with Gasteiger partial charge in [-0.25, -0.2) is 19.2 Å². The van der Waals surface area contributed by atoms with Gasteiger partial charge in [-0.2, -0.15) is 0 Å². The van der Waals surface area contributed by atoms with Crippen molar-refractivity contribution in [1.29, 1.82) is 0 Å². The highest BCUT2D eigenvalue weighted by molar-refractivity contribution is 5.85. The highest BCUT2D eigenvalue weighted by Crippen LogP contribution is 2.25. The molecule has 2 rings (SSSR count). The largest absolute Gasteiger partial charge is 0.476 e. The molecule has 1 aromatic carbocycles. The van der Waals surface area contributed by atoms with Gasteiger partial charge in [-0.3, -0.25) is 0 Å². The molecule has 1 heterocycles. The number of rotatable bonds is 4. The van der Waals surface area contributed by atoms with E-state index < -0.39 is 5.97 Å². The van der Waals surface area contributed by atoms with Crippen LogP contribution in [0.3, 0.4) is 0 Å². The zero-order chi connectivity index (χ0) is 13.8. The lowest BCUT2D eigenvalue weighted by Gasteiger charge is -2.22. The maximum Gasteiger partial charge on any atom is 0.356 e. The van der Waals surface area contributed by atoms with Crippen molar-refractivity contribution < 1.29 is 14.3 Å². The van der Waals surface area contributed by atoms with Crippen molar-refractivity contribution >= 4 is 17.5 Å². The quantitative estimate of drug-likeness (QED) is 0.915. The number of nitrogens with zero attached hydrogens (tertiary/aromatic N) is 3. The van der Waals surface area contributed by atoms with Crippen LogP contribution in [0.25, 0.3) is 0 Å². The van der Waals surface area contributed by atoms with Gasteiger partial charge in [-0.05, 0) is 19.1 Å². The Kier molecular flexibility index (Phi) is 3.70. The zero-order valence-corrected chi connectivity index (χ0v) is 10.2. The van der Waals surface area contributed by atoms with Crippen molar-refractivity contribution in [1.82, 2.24) is 9.97 Å². The average molecular weight is 261 g/mol. The van der Waals surface area contributed by atoms with Gasteiger partial charge in [0, 0.05) is 6.54 Å². The molecule has 0 aliphatic rings. The lowest BCUT2D eigenvalue weighted by Crippen LogP contribution is -2.19. The number of hydrogen-bond acceptors (Lipinski definition) is 4. The molecule has 0 spiro atoms. The number of carboxylic acid groups (broad SMARTS) is 1. The Morgan fingerprint density at radius 3 is 2.58 bits per heavy atom. The Morgan fingerprint density at radius 1 is 1.32 bits per heavy atom. The number of carbonyl (C=O) groups is 1. The summed E-state index contributed by atoms with van der Waals surface area (Å²) in [6.45, 7) is 2.33. The number of halogens is 1. The molecule has 6 heteroatoms. The van der Waals surface area contributed by atoms with Crippen LogP contribution >= 0.6 is 0 Å². The Morgan fingerprint density at radius 2 is 2.05 bits per heavy atom. The molecule has 0 radical (unpaired) electrons. The van der Waals surface area contributed by atoms with E-state index in [1.165, 1.54) is 12.3 Å². The van der Waals surface area contributed by atoms with E-state index >= 15 is 0 Å². The summed E-state index contributed by atoms with van der Waals surface area (Å²) in [5.74, 6) is -1.11. The number of hydrogen-bond donors (Lipinski definition) is 1. The minimum absolute atomic E-state index is 0.145. The maximum absolute atomic E-state index is 13.7. The van der Waals surface area contributed by atoms with E-state index in [2.05, 4.69) is 9.97 Å². The smallest absolute Gasteiger partial charge is 0.356 e. The van der Waals surface area contributed by atoms with Crippen molar-refractivity contribution in [3.05, 3.63) is 48.2 Å². The highest BCUT2D eigenvalue weighted by Gasteiger charge is 2.14. The molecule has 0 fully saturated rings. The van der Waals surface area contributed by atoms with Crippen LogP contribution in [0.5, 0.6) is 0 Å². The summed E-state index contributed by atoms with van der Waals surface area (Å²) in [5, 5.41) is 8.76. The van der Waals surface area contributed by atoms with E-state index in [0.29, 0.717) is 18.1 Å². The highest BCUT2D eigenvalue weighted by atomic mass is 19.1. The van der Waals surface area contributed by atoms with Gasteiger partial charge in [-0.15, -0.1) is 0 Å². The molecule has 0 unspecified atom stereocenters. The third-order valence-electron chi connectivity index (χ3n) is 2.59. The summed E-state index contributed by atoms with van der Waals surface area (Å²) in [5.41, 5.74) is 0.232. The summed E-state index contributed by atoms with van der Waals surface area (Å²) < 4.78 is 13.7. The molecule has 5 nitrogen and oxygen atoms in total. The van der Waals surface area contributed by atoms with Crippen molar-refractivity contribution in [2.45, 2.75) is 6.92 Å². The van der Waals surface area contributed by atoms with Crippen molar-refractivity contribution in [3.63, 3.8) is 0 Å². The third-order valence-corrected chi connectivity index (χ3v) is 2.59. The van der Waals surface area contributed by atoms with E-state index in [9.17, 15) is 9.18 Å². The lowest BCUT2D eigenvalue weighted by atomic mass is 10.2. The molecule has 0 amide bonds. The van der Waals surface area contributed by atoms with Crippen LogP contribution in [-0.2, 0) is 0 Å². The van der Waals surface area contributed by atoms with E-state index in [0.717, 1.165) is 6.20 Å². The maximum atomic E-state index is 13.7. The minimum atomic E-state index is -1.15. The van der Waals surface area contributed by atoms with Gasteiger partial charge >= 0.3 is 5.97 Å². The minimum Gasteiger partial charge on any atom is -0.476 e. The average Bonchev–Trinajstić information content (AvgIpc) is 2.42. The molecular formula is C13H12FN3O2. The van der Waals surface area contributed by atoms with Gasteiger partial charge in [0.1, 0.15) is 5.82 Å². The van der Waals surface area contributed by atoms with E-state index in [-0.39, 0.29) is 11.5 Å². The molecule has 1 N–H and O–H groups in total. The Labute approximate surface area is 109 Å². The molecular weight excluding hydrogens is 249 g/mol. The van der Waals surface area contributed by atoms with Crippen LogP contribution in [0, 0.1) is 5.82 Å². The first-order chi connectivity index (χ1) is 9.13. The van der Waals surface area contributed by atoms with Crippen LogP contribution < -0.4 is 4.90 Å². The normalized spacial score (nSPS) is 10.2. The summed E-state index contributed by atoms with van der Waals surface area (Å²) in [7, 11) is 0. The Hall–Kier alpha value is -2.50. The number of carboxylic acids is 1. The standard InChI is InChI=1S/C13H12FN3O2/c1-2-17(11-6-4-3-5-9(11)14)12-8-15-10(7-16-12)13(18)19/h3-8H,2H2,1H3,(H,18,19). The van der Waals surface area contributed by atoms with Crippen molar-refractivity contribution in [2.24, 2.45) is 0 Å². The zero-order valence-electron chi connectivity index (χ0n) is 10.2. The van der Waals surface area contributed by atoms with E-state index in [1.807, 2.05) is 6.92 Å². The molecule has 2 aromatic rings. The van der Waals surface area contributed by atoms with Crippen LogP contribution in [0.2, 0.25) is 0 Å². The monoisotopic (exact) mass is 261 g/mol. The van der Waals surface area contributed by atoms with Crippen LogP contribution in [0.15, 0.2) is 36.7 Å². The number of para-hydroxylation sites is 1. The Bertz CT molecular complexity index is 587. The molecule has 1 aromatic heterocycles. The van der Waals surface area contributed by atoms with Crippen molar-refractivity contribution in [3.8, 4) is 0 Å². The molecule has 19 heavy (non-hydrogen) atoms. The Balaban J connectivity index is 2.37. The fourth-order valence-electron chi connectivity index (χ4n) is 1.70. The third kappa shape index (κ3) is 2.67. The summed E-state index contributed by atoms with van der Waals surface area (Å²) in [6, 6.07) is 6.31. The fraction of sp³-hybridized carbons (Fsp3) is 0.154. The van der Waals surface area contributed by atoms with Gasteiger partial charge < -0.3 is 10.0 Å². The molecule has 0 saturated heterocycles. The summed E-state index contributed by atoms with van der Waals surface area (Å²) >= 11 is 0. The van der Waals surface area contributed by atoms with Crippen LogP contribution in [-0.4, -0.2) is 27.6 Å². The lowest BCUT2D eigenvalue weighted by molar-refractivity contribution is 0.0690. The molecule has 0 bridgehead atoms. The van der Waals surface area contributed by atoms with Crippen LogP contribution in [0.4, 0.5) is 15.9 Å². The number of aromatic nitrogens is 2. The second-order valence-electron chi connectivity index (χ2n) is 3.76. The van der Waals surface area contributed by atoms with Gasteiger partial charge in [-0.1, -0.05) is 12.1 Å². The van der Waals surface area contributed by atoms with Crippen molar-refractivity contribution in [2.75, 3.05) is 11.4 Å². The first-order valence-corrected chi connectivity index (χ1v) is 5.71. The first-order valence-electron chi connectivity index (χ1n) is 5.71. The number of anilines is 2. The fourth-order valence-corrected chi connectivity index (χ4v) is 1.70. The van der Waals surface area contributed by atoms with Crippen LogP contribution in [0.1, 0.15) is 17.4 Å². The summed E-state index contributed by atoms with van der Waals surface area (Å²) in [4.78, 5) is 20.1. The van der Waals surface area contributed by atoms with E-state index in [1.54, 1.807) is 23.1 Å². The predicted molar refractivity (Wildman–Crippen MR) is 68.1 cm³/mol. The van der Waals surface area contributed by atoms with Gasteiger partial charge in [0.15, 0.2) is 11.5 Å². The SMILES string of the molecule is CCN(c1cnc(C(=O)O)cn1)c1ccccc1F. The number of aromatic carboxylic acids is 1. The molecule has 0 saturated carbocycles. The van der Waals surface area contributed by atoms with Gasteiger partial charge in [0.2, 0.25) is 0 Å². The second-order valence-corrected chi connectivity index (χ2v) is 3.76. The first kappa shape index (κ1) is 12.9. The second kappa shape index (κ2) is 5.43. The van der Waals surface area contributed by atoms with Gasteiger partial charge in [0.05, 0.1) is 18.1 Å². The molecule has 0 atom stereocenters. The van der Waals surface area contributed by atoms with E-state index in [4.69, 9.17) is 5.11 Å². The molecule has 98 valence electrons. The summed E-state index contributed by atoms with van der Waals surface area (Å²) in [6.07, 6.45) is 2.47. The number of benzene rings is 1. The predicted octanol–water partition coefficient (Wildman–Crippen LogP) is 2.47.